The smallest absolute Gasteiger partial charge is 0.350 e. The summed E-state index contributed by atoms with van der Waals surface area (Å²) in [5, 5.41) is 8.98. The van der Waals surface area contributed by atoms with E-state index in [1.165, 1.54) is 23.5 Å². The Kier molecular flexibility index (Phi) is 7.98. The van der Waals surface area contributed by atoms with Crippen LogP contribution in [-0.4, -0.2) is 68.8 Å². The standard InChI is InChI=1S/C25H31N7O5S2/c1-3-37-23(33)20-16(2)27-25(38-20)30-24-28-21(31-11-13-36-14-12-31)19-5-4-10-32(22(19)29-24)15-17-6-8-18(9-7-17)39(26,34)35/h6-9H,3-5,10-15H2,1-2H3,(H2,26,34,35)(H,27,28,29,30). The number of morpholine rings is 1. The second-order valence-corrected chi connectivity index (χ2v) is 11.8. The van der Waals surface area contributed by atoms with Gasteiger partial charge in [0.05, 0.1) is 30.4 Å². The molecule has 0 amide bonds. The van der Waals surface area contributed by atoms with E-state index in [-0.39, 0.29) is 11.5 Å². The molecule has 0 spiro atoms. The Bertz CT molecular complexity index is 1450. The van der Waals surface area contributed by atoms with E-state index in [0.717, 1.165) is 55.2 Å². The van der Waals surface area contributed by atoms with Crippen LogP contribution in [0, 0.1) is 6.92 Å². The first-order chi connectivity index (χ1) is 18.7. The molecule has 0 aliphatic carbocycles. The minimum Gasteiger partial charge on any atom is -0.462 e. The van der Waals surface area contributed by atoms with Gasteiger partial charge < -0.3 is 19.3 Å². The van der Waals surface area contributed by atoms with E-state index in [4.69, 9.17) is 24.6 Å². The maximum atomic E-state index is 12.3. The Labute approximate surface area is 231 Å². The molecule has 208 valence electrons. The number of esters is 1. The predicted octanol–water partition coefficient (Wildman–Crippen LogP) is 2.60. The zero-order valence-corrected chi connectivity index (χ0v) is 23.5. The van der Waals surface area contributed by atoms with Crippen molar-refractivity contribution in [3.63, 3.8) is 0 Å². The summed E-state index contributed by atoms with van der Waals surface area (Å²) in [4.78, 5) is 31.5. The van der Waals surface area contributed by atoms with Gasteiger partial charge in [-0.1, -0.05) is 23.5 Å². The van der Waals surface area contributed by atoms with Gasteiger partial charge in [-0.15, -0.1) is 0 Å². The van der Waals surface area contributed by atoms with Crippen LogP contribution in [0.15, 0.2) is 29.2 Å². The molecular weight excluding hydrogens is 542 g/mol. The second-order valence-electron chi connectivity index (χ2n) is 9.27. The number of ether oxygens (including phenoxy) is 2. The van der Waals surface area contributed by atoms with Crippen LogP contribution in [0.25, 0.3) is 0 Å². The molecule has 0 radical (unpaired) electrons. The van der Waals surface area contributed by atoms with Crippen molar-refractivity contribution in [3.8, 4) is 0 Å². The Morgan fingerprint density at radius 3 is 2.54 bits per heavy atom. The Balaban J connectivity index is 1.48. The van der Waals surface area contributed by atoms with Crippen LogP contribution >= 0.6 is 11.3 Å². The first-order valence-corrected chi connectivity index (χ1v) is 15.1. The average molecular weight is 574 g/mol. The van der Waals surface area contributed by atoms with Gasteiger partial charge in [-0.05, 0) is 44.4 Å². The van der Waals surface area contributed by atoms with E-state index in [2.05, 4.69) is 20.1 Å². The van der Waals surface area contributed by atoms with Gasteiger partial charge in [-0.2, -0.15) is 9.97 Å². The van der Waals surface area contributed by atoms with Crippen molar-refractivity contribution in [2.24, 2.45) is 5.14 Å². The van der Waals surface area contributed by atoms with Gasteiger partial charge >= 0.3 is 5.97 Å². The first-order valence-electron chi connectivity index (χ1n) is 12.7. The number of anilines is 4. The lowest BCUT2D eigenvalue weighted by atomic mass is 10.0. The summed E-state index contributed by atoms with van der Waals surface area (Å²) in [7, 11) is -3.76. The molecule has 5 rings (SSSR count). The van der Waals surface area contributed by atoms with Crippen LogP contribution in [0.4, 0.5) is 22.7 Å². The second kappa shape index (κ2) is 11.4. The highest BCUT2D eigenvalue weighted by atomic mass is 32.2. The Morgan fingerprint density at radius 2 is 1.85 bits per heavy atom. The van der Waals surface area contributed by atoms with Crippen LogP contribution in [0.2, 0.25) is 0 Å². The average Bonchev–Trinajstić information content (AvgIpc) is 3.29. The zero-order valence-electron chi connectivity index (χ0n) is 21.8. The molecule has 1 saturated heterocycles. The van der Waals surface area contributed by atoms with E-state index in [1.807, 2.05) is 0 Å². The van der Waals surface area contributed by atoms with Crippen LogP contribution in [0.3, 0.4) is 0 Å². The third-order valence-electron chi connectivity index (χ3n) is 6.53. The van der Waals surface area contributed by atoms with Gasteiger partial charge in [-0.3, -0.25) is 5.32 Å². The molecular formula is C25H31N7O5S2. The lowest BCUT2D eigenvalue weighted by molar-refractivity contribution is 0.0531. The topological polar surface area (TPSA) is 153 Å². The van der Waals surface area contributed by atoms with Crippen molar-refractivity contribution >= 4 is 50.0 Å². The van der Waals surface area contributed by atoms with Crippen LogP contribution in [-0.2, 0) is 32.5 Å². The molecule has 14 heteroatoms. The van der Waals surface area contributed by atoms with Crippen molar-refractivity contribution in [2.75, 3.05) is 54.6 Å². The number of rotatable bonds is 8. The molecule has 12 nitrogen and oxygen atoms in total. The molecule has 2 aromatic heterocycles. The number of primary sulfonamides is 1. The molecule has 0 bridgehead atoms. The van der Waals surface area contributed by atoms with Crippen molar-refractivity contribution in [3.05, 3.63) is 46.0 Å². The Hall–Kier alpha value is -3.33. The summed E-state index contributed by atoms with van der Waals surface area (Å²) in [6, 6.07) is 6.58. The van der Waals surface area contributed by atoms with Crippen molar-refractivity contribution in [1.29, 1.82) is 0 Å². The summed E-state index contributed by atoms with van der Waals surface area (Å²) in [6.45, 7) is 7.84. The fourth-order valence-corrected chi connectivity index (χ4v) is 6.05. The third kappa shape index (κ3) is 6.13. The quantitative estimate of drug-likeness (QED) is 0.382. The molecule has 0 atom stereocenters. The number of hydrogen-bond acceptors (Lipinski definition) is 12. The van der Waals surface area contributed by atoms with Crippen molar-refractivity contribution in [1.82, 2.24) is 15.0 Å². The normalized spacial score (nSPS) is 15.7. The fourth-order valence-electron chi connectivity index (χ4n) is 4.68. The SMILES string of the molecule is CCOC(=O)c1sc(Nc2nc(N3CCOCC3)c3c(n2)N(Cc2ccc(S(N)(=O)=O)cc2)CCC3)nc1C. The number of thiazole rings is 1. The van der Waals surface area contributed by atoms with Crippen molar-refractivity contribution < 1.29 is 22.7 Å². The number of carbonyl (C=O) groups is 1. The van der Waals surface area contributed by atoms with E-state index in [1.54, 1.807) is 26.0 Å². The largest absolute Gasteiger partial charge is 0.462 e. The van der Waals surface area contributed by atoms with Crippen LogP contribution < -0.4 is 20.3 Å². The fraction of sp³-hybridized carbons (Fsp3) is 0.440. The predicted molar refractivity (Wildman–Crippen MR) is 148 cm³/mol. The van der Waals surface area contributed by atoms with Gasteiger partial charge in [0.1, 0.15) is 16.5 Å². The van der Waals surface area contributed by atoms with E-state index in [9.17, 15) is 13.2 Å². The monoisotopic (exact) mass is 573 g/mol. The molecule has 0 saturated carbocycles. The third-order valence-corrected chi connectivity index (χ3v) is 8.51. The molecule has 3 N–H and O–H groups in total. The van der Waals surface area contributed by atoms with Gasteiger partial charge in [-0.25, -0.2) is 23.3 Å². The molecule has 1 aromatic carbocycles. The van der Waals surface area contributed by atoms with Crippen molar-refractivity contribution in [2.45, 2.75) is 38.1 Å². The van der Waals surface area contributed by atoms with E-state index in [0.29, 0.717) is 41.4 Å². The minimum atomic E-state index is -3.76. The highest BCUT2D eigenvalue weighted by Crippen LogP contribution is 2.36. The summed E-state index contributed by atoms with van der Waals surface area (Å²) in [5.41, 5.74) is 2.58. The van der Waals surface area contributed by atoms with Crippen LogP contribution in [0.5, 0.6) is 0 Å². The van der Waals surface area contributed by atoms with E-state index >= 15 is 0 Å². The first kappa shape index (κ1) is 27.2. The molecule has 39 heavy (non-hydrogen) atoms. The molecule has 2 aliphatic rings. The maximum absolute atomic E-state index is 12.3. The van der Waals surface area contributed by atoms with Gasteiger partial charge in [0.25, 0.3) is 0 Å². The maximum Gasteiger partial charge on any atom is 0.350 e. The zero-order chi connectivity index (χ0) is 27.6. The summed E-state index contributed by atoms with van der Waals surface area (Å²) in [5.74, 6) is 1.66. The number of aryl methyl sites for hydroxylation is 1. The van der Waals surface area contributed by atoms with Gasteiger partial charge in [0.2, 0.25) is 16.0 Å². The summed E-state index contributed by atoms with van der Waals surface area (Å²) in [6.07, 6.45) is 1.77. The number of hydrogen-bond donors (Lipinski definition) is 2. The highest BCUT2D eigenvalue weighted by molar-refractivity contribution is 7.89. The number of aromatic nitrogens is 3. The van der Waals surface area contributed by atoms with Gasteiger partial charge in [0.15, 0.2) is 5.13 Å². The lowest BCUT2D eigenvalue weighted by Gasteiger charge is -2.35. The lowest BCUT2D eigenvalue weighted by Crippen LogP contribution is -2.39. The molecule has 2 aliphatic heterocycles. The number of carbonyl (C=O) groups excluding carboxylic acids is 1. The number of benzene rings is 1. The number of nitrogens with zero attached hydrogens (tertiary/aromatic N) is 5. The number of fused-ring (bicyclic) bond motifs is 1. The molecule has 3 aromatic rings. The van der Waals surface area contributed by atoms with Gasteiger partial charge in [0, 0.05) is 31.7 Å². The van der Waals surface area contributed by atoms with E-state index < -0.39 is 16.0 Å². The molecule has 4 heterocycles. The molecule has 1 fully saturated rings. The van der Waals surface area contributed by atoms with Crippen LogP contribution in [0.1, 0.15) is 39.8 Å². The highest BCUT2D eigenvalue weighted by Gasteiger charge is 2.28. The number of sulfonamides is 1. The molecule has 0 unspecified atom stereocenters. The summed E-state index contributed by atoms with van der Waals surface area (Å²) >= 11 is 1.20. The number of nitrogens with two attached hydrogens (primary N) is 1. The summed E-state index contributed by atoms with van der Waals surface area (Å²) < 4.78 is 34.0. The Morgan fingerprint density at radius 1 is 1.13 bits per heavy atom. The number of nitrogens with one attached hydrogen (secondary N) is 1. The minimum absolute atomic E-state index is 0.0784.